The molecule has 0 spiro atoms. The molecule has 0 saturated carbocycles. The molecule has 190 valence electrons. The third kappa shape index (κ3) is 5.49. The van der Waals surface area contributed by atoms with E-state index in [9.17, 15) is 4.79 Å². The molecule has 3 rings (SSSR count). The zero-order valence-corrected chi connectivity index (χ0v) is 24.1. The van der Waals surface area contributed by atoms with E-state index in [1.54, 1.807) is 0 Å². The average Bonchev–Trinajstić information content (AvgIpc) is 2.71. The lowest BCUT2D eigenvalue weighted by Gasteiger charge is -2.45. The van der Waals surface area contributed by atoms with Crippen molar-refractivity contribution in [3.8, 4) is 0 Å². The van der Waals surface area contributed by atoms with Gasteiger partial charge in [0, 0.05) is 16.8 Å². The van der Waals surface area contributed by atoms with E-state index in [0.717, 1.165) is 41.8 Å². The molecular weight excluding hydrogens is 442 g/mol. The van der Waals surface area contributed by atoms with Crippen molar-refractivity contribution in [3.63, 3.8) is 0 Å². The van der Waals surface area contributed by atoms with Crippen molar-refractivity contribution in [3.05, 3.63) is 34.2 Å². The molecule has 34 heavy (non-hydrogen) atoms. The Hall–Kier alpha value is -1.50. The topological polar surface area (TPSA) is 57.7 Å². The van der Waals surface area contributed by atoms with Gasteiger partial charge in [-0.25, -0.2) is 4.79 Å². The van der Waals surface area contributed by atoms with Gasteiger partial charge in [-0.3, -0.25) is 4.98 Å². The Labute approximate surface area is 207 Å². The number of fused-ring (bicyclic) bond motifs is 1. The van der Waals surface area contributed by atoms with E-state index in [1.165, 1.54) is 5.57 Å². The highest BCUT2D eigenvalue weighted by Crippen LogP contribution is 2.50. The minimum Gasteiger partial charge on any atom is -0.462 e. The van der Waals surface area contributed by atoms with Gasteiger partial charge in [0.2, 0.25) is 0 Å². The number of esters is 1. The van der Waals surface area contributed by atoms with E-state index in [4.69, 9.17) is 18.9 Å². The zero-order valence-electron chi connectivity index (χ0n) is 23.1. The minimum absolute atomic E-state index is 0.0635. The van der Waals surface area contributed by atoms with Gasteiger partial charge in [-0.15, -0.1) is 0 Å². The van der Waals surface area contributed by atoms with Gasteiger partial charge in [-0.1, -0.05) is 54.5 Å². The first-order valence-electron chi connectivity index (χ1n) is 12.9. The number of hydrogen-bond acceptors (Lipinski definition) is 5. The largest absolute Gasteiger partial charge is 0.462 e. The molecule has 0 unspecified atom stereocenters. The molecule has 0 saturated heterocycles. The second-order valence-corrected chi connectivity index (χ2v) is 17.2. The summed E-state index contributed by atoms with van der Waals surface area (Å²) in [5, 5.41) is 0.0855. The third-order valence-electron chi connectivity index (χ3n) is 7.60. The van der Waals surface area contributed by atoms with Gasteiger partial charge in [0.15, 0.2) is 8.32 Å². The third-order valence-corrected chi connectivity index (χ3v) is 12.1. The van der Waals surface area contributed by atoms with Crippen LogP contribution in [0.3, 0.4) is 0 Å². The van der Waals surface area contributed by atoms with Crippen molar-refractivity contribution in [2.75, 3.05) is 19.8 Å². The number of carbonyl (C=O) groups excluding carboxylic acids is 1. The van der Waals surface area contributed by atoms with Crippen LogP contribution in [0.2, 0.25) is 18.1 Å². The first-order valence-corrected chi connectivity index (χ1v) is 15.8. The number of ether oxygens (including phenoxy) is 2. The first kappa shape index (κ1) is 27.1. The number of carbonyl (C=O) groups is 1. The predicted octanol–water partition coefficient (Wildman–Crippen LogP) is 7.22. The Morgan fingerprint density at radius 2 is 1.97 bits per heavy atom. The van der Waals surface area contributed by atoms with Gasteiger partial charge >= 0.3 is 5.97 Å². The van der Waals surface area contributed by atoms with E-state index in [1.807, 2.05) is 6.92 Å². The molecule has 1 aromatic rings. The lowest BCUT2D eigenvalue weighted by atomic mass is 9.71. The monoisotopic (exact) mass is 487 g/mol. The molecule has 1 aromatic heterocycles. The number of rotatable bonds is 6. The van der Waals surface area contributed by atoms with Gasteiger partial charge in [0.1, 0.15) is 0 Å². The molecule has 0 amide bonds. The molecule has 0 bridgehead atoms. The highest BCUT2D eigenvalue weighted by atomic mass is 28.4. The number of nitrogens with zero attached hydrogens (tertiary/aromatic N) is 1. The molecule has 0 radical (unpaired) electrons. The second-order valence-electron chi connectivity index (χ2n) is 12.4. The van der Waals surface area contributed by atoms with E-state index in [2.05, 4.69) is 67.6 Å². The van der Waals surface area contributed by atoms with Crippen LogP contribution in [0.1, 0.15) is 113 Å². The summed E-state index contributed by atoms with van der Waals surface area (Å²) < 4.78 is 18.4. The van der Waals surface area contributed by atoms with Crippen LogP contribution in [-0.4, -0.2) is 39.1 Å². The van der Waals surface area contributed by atoms with Crippen LogP contribution in [0.4, 0.5) is 0 Å². The average molecular weight is 488 g/mol. The first-order chi connectivity index (χ1) is 15.7. The molecule has 0 fully saturated rings. The minimum atomic E-state index is -2.08. The van der Waals surface area contributed by atoms with Crippen LogP contribution < -0.4 is 0 Å². The lowest BCUT2D eigenvalue weighted by molar-refractivity contribution is 0.0522. The van der Waals surface area contributed by atoms with Crippen molar-refractivity contribution in [2.45, 2.75) is 105 Å². The standard InChI is InChI=1S/C28H45NO4Si/c1-11-32-26(30)24-22(19-12-14-31-15-13-19)23-20(29-25(24)18(2)3)16-28(7,8)17-21(23)33-34(9,10)27(4,5)6/h12,18,21H,11,13-17H2,1-10H3/t21-/m0/s1. The van der Waals surface area contributed by atoms with Crippen LogP contribution in [0.25, 0.3) is 5.57 Å². The van der Waals surface area contributed by atoms with Gasteiger partial charge in [0.25, 0.3) is 0 Å². The SMILES string of the molecule is CCOC(=O)c1c(C(C)C)nc2c(c1C1=CCOCC1)[C@@H](O[Si](C)(C)C(C)(C)C)CC(C)(C)C2. The Balaban J connectivity index is 2.35. The summed E-state index contributed by atoms with van der Waals surface area (Å²) in [6.07, 6.45) is 4.60. The fourth-order valence-corrected chi connectivity index (χ4v) is 6.09. The van der Waals surface area contributed by atoms with Crippen LogP contribution in [0.15, 0.2) is 6.08 Å². The van der Waals surface area contributed by atoms with E-state index < -0.39 is 8.32 Å². The maximum absolute atomic E-state index is 13.4. The number of aromatic nitrogens is 1. The van der Waals surface area contributed by atoms with Crippen LogP contribution >= 0.6 is 0 Å². The molecule has 1 aliphatic carbocycles. The summed E-state index contributed by atoms with van der Waals surface area (Å²) in [6.45, 7) is 23.7. The van der Waals surface area contributed by atoms with Gasteiger partial charge in [-0.05, 0) is 61.2 Å². The normalized spacial score (nSPS) is 20.7. The maximum atomic E-state index is 13.4. The highest BCUT2D eigenvalue weighted by molar-refractivity contribution is 6.74. The Morgan fingerprint density at radius 1 is 1.29 bits per heavy atom. The molecular formula is C28H45NO4Si. The molecule has 1 aliphatic heterocycles. The van der Waals surface area contributed by atoms with Crippen molar-refractivity contribution in [2.24, 2.45) is 5.41 Å². The number of hydrogen-bond donors (Lipinski definition) is 0. The number of pyridine rings is 1. The maximum Gasteiger partial charge on any atom is 0.340 e. The zero-order chi connectivity index (χ0) is 25.5. The highest BCUT2D eigenvalue weighted by Gasteiger charge is 2.45. The lowest BCUT2D eigenvalue weighted by Crippen LogP contribution is -2.44. The molecule has 0 N–H and O–H groups in total. The molecule has 1 atom stereocenters. The van der Waals surface area contributed by atoms with E-state index in [-0.39, 0.29) is 28.4 Å². The summed E-state index contributed by atoms with van der Waals surface area (Å²) in [5.74, 6) is -0.173. The van der Waals surface area contributed by atoms with Crippen molar-refractivity contribution < 1.29 is 18.7 Å². The predicted molar refractivity (Wildman–Crippen MR) is 141 cm³/mol. The molecule has 5 nitrogen and oxygen atoms in total. The summed E-state index contributed by atoms with van der Waals surface area (Å²) >= 11 is 0. The molecule has 0 aromatic carbocycles. The van der Waals surface area contributed by atoms with Crippen molar-refractivity contribution in [1.29, 1.82) is 0 Å². The Kier molecular flexibility index (Phi) is 7.86. The fraction of sp³-hybridized carbons (Fsp3) is 0.714. The smallest absolute Gasteiger partial charge is 0.340 e. The molecule has 2 heterocycles. The molecule has 6 heteroatoms. The van der Waals surface area contributed by atoms with Gasteiger partial charge in [-0.2, -0.15) is 0 Å². The summed E-state index contributed by atoms with van der Waals surface area (Å²) in [7, 11) is -2.08. The summed E-state index contributed by atoms with van der Waals surface area (Å²) in [5.41, 5.74) is 5.90. The van der Waals surface area contributed by atoms with E-state index >= 15 is 0 Å². The van der Waals surface area contributed by atoms with Crippen LogP contribution in [-0.2, 0) is 20.3 Å². The van der Waals surface area contributed by atoms with Gasteiger partial charge < -0.3 is 13.9 Å². The van der Waals surface area contributed by atoms with Crippen molar-refractivity contribution in [1.82, 2.24) is 4.98 Å². The van der Waals surface area contributed by atoms with Crippen molar-refractivity contribution >= 4 is 19.9 Å². The summed E-state index contributed by atoms with van der Waals surface area (Å²) in [4.78, 5) is 18.6. The van der Waals surface area contributed by atoms with Crippen LogP contribution in [0, 0.1) is 5.41 Å². The quantitative estimate of drug-likeness (QED) is 0.313. The Bertz CT molecular complexity index is 956. The Morgan fingerprint density at radius 3 is 2.50 bits per heavy atom. The second kappa shape index (κ2) is 9.86. The van der Waals surface area contributed by atoms with Gasteiger partial charge in [0.05, 0.1) is 37.2 Å². The van der Waals surface area contributed by atoms with Crippen LogP contribution in [0.5, 0.6) is 0 Å². The molecule has 2 aliphatic rings. The summed E-state index contributed by atoms with van der Waals surface area (Å²) in [6, 6.07) is 0. The van der Waals surface area contributed by atoms with E-state index in [0.29, 0.717) is 25.4 Å². The fourth-order valence-electron chi connectivity index (χ4n) is 4.83.